The van der Waals surface area contributed by atoms with Crippen molar-refractivity contribution in [2.24, 2.45) is 12.0 Å². The standard InChI is InChI=1S/C15H14ClN3O/c1-18-11-7-5-6-8-12(11)19(15(18)20)14-10-4-2-3-9-13(16)17-14/h4-10H,2-3H2,1H3. The third-order valence-corrected chi connectivity index (χ3v) is 3.56. The number of aliphatic imine (C=N–C) groups is 1. The zero-order chi connectivity index (χ0) is 14.1. The van der Waals surface area contributed by atoms with Gasteiger partial charge in [0.2, 0.25) is 0 Å². The maximum Gasteiger partial charge on any atom is 0.334 e. The average Bonchev–Trinajstić information content (AvgIpc) is 2.67. The van der Waals surface area contributed by atoms with E-state index in [1.165, 1.54) is 0 Å². The van der Waals surface area contributed by atoms with Gasteiger partial charge >= 0.3 is 5.69 Å². The van der Waals surface area contributed by atoms with Crippen LogP contribution in [0.2, 0.25) is 0 Å². The fourth-order valence-electron chi connectivity index (χ4n) is 2.32. The van der Waals surface area contributed by atoms with E-state index >= 15 is 0 Å². The lowest BCUT2D eigenvalue weighted by molar-refractivity contribution is 0.862. The molecule has 0 radical (unpaired) electrons. The second-order valence-electron chi connectivity index (χ2n) is 4.64. The van der Waals surface area contributed by atoms with Crippen LogP contribution in [-0.2, 0) is 7.05 Å². The summed E-state index contributed by atoms with van der Waals surface area (Å²) >= 11 is 6.07. The van der Waals surface area contributed by atoms with Gasteiger partial charge < -0.3 is 0 Å². The highest BCUT2D eigenvalue weighted by Gasteiger charge is 2.13. The van der Waals surface area contributed by atoms with Crippen LogP contribution >= 0.6 is 11.6 Å². The summed E-state index contributed by atoms with van der Waals surface area (Å²) in [6, 6.07) is 7.64. The molecule has 0 aliphatic carbocycles. The number of aromatic nitrogens is 2. The summed E-state index contributed by atoms with van der Waals surface area (Å²) in [5, 5.41) is 0.421. The van der Waals surface area contributed by atoms with Crippen LogP contribution in [0.5, 0.6) is 0 Å². The van der Waals surface area contributed by atoms with Gasteiger partial charge in [-0.2, -0.15) is 0 Å². The molecule has 0 spiro atoms. The molecule has 2 heterocycles. The lowest BCUT2D eigenvalue weighted by Gasteiger charge is -2.05. The summed E-state index contributed by atoms with van der Waals surface area (Å²) in [5.41, 5.74) is 1.57. The highest BCUT2D eigenvalue weighted by molar-refractivity contribution is 6.30. The second kappa shape index (κ2) is 5.13. The van der Waals surface area contributed by atoms with Crippen molar-refractivity contribution in [2.45, 2.75) is 12.8 Å². The minimum atomic E-state index is -0.125. The van der Waals surface area contributed by atoms with Crippen LogP contribution in [0.25, 0.3) is 11.0 Å². The van der Waals surface area contributed by atoms with E-state index in [4.69, 9.17) is 11.6 Å². The van der Waals surface area contributed by atoms with Crippen LogP contribution < -0.4 is 5.69 Å². The smallest absolute Gasteiger partial charge is 0.295 e. The molecule has 0 atom stereocenters. The summed E-state index contributed by atoms with van der Waals surface area (Å²) in [6.07, 6.45) is 7.46. The average molecular weight is 288 g/mol. The predicted molar refractivity (Wildman–Crippen MR) is 82.3 cm³/mol. The van der Waals surface area contributed by atoms with Crippen LogP contribution in [0, 0.1) is 0 Å². The van der Waals surface area contributed by atoms with Crippen molar-refractivity contribution in [1.82, 2.24) is 9.13 Å². The molecule has 1 aromatic carbocycles. The Labute approximate surface area is 121 Å². The van der Waals surface area contributed by atoms with Gasteiger partial charge in [-0.15, -0.1) is 0 Å². The molecule has 0 unspecified atom stereocenters. The molecule has 102 valence electrons. The number of rotatable bonds is 0. The maximum absolute atomic E-state index is 12.4. The van der Waals surface area contributed by atoms with E-state index in [0.717, 1.165) is 23.9 Å². The van der Waals surface area contributed by atoms with Gasteiger partial charge in [0, 0.05) is 7.05 Å². The summed E-state index contributed by atoms with van der Waals surface area (Å²) in [7, 11) is 1.76. The number of halogens is 1. The minimum absolute atomic E-state index is 0.125. The summed E-state index contributed by atoms with van der Waals surface area (Å²) in [5.74, 6) is 0.549. The van der Waals surface area contributed by atoms with Crippen molar-refractivity contribution in [1.29, 1.82) is 0 Å². The molecule has 1 aliphatic rings. The SMILES string of the molecule is Cn1c(=O)n(C2=NC(Cl)=CCCC=C2)c2ccccc21. The molecule has 1 aliphatic heterocycles. The van der Waals surface area contributed by atoms with Crippen LogP contribution in [0.3, 0.4) is 0 Å². The molecule has 1 aromatic heterocycles. The Morgan fingerprint density at radius 1 is 1.20 bits per heavy atom. The molecule has 0 saturated carbocycles. The molecule has 0 amide bonds. The highest BCUT2D eigenvalue weighted by Crippen LogP contribution is 2.15. The molecule has 0 fully saturated rings. The Balaban J connectivity index is 2.31. The molecule has 20 heavy (non-hydrogen) atoms. The number of nitrogens with zero attached hydrogens (tertiary/aromatic N) is 3. The Hall–Kier alpha value is -2.07. The fourth-order valence-corrected chi connectivity index (χ4v) is 2.51. The third-order valence-electron chi connectivity index (χ3n) is 3.33. The molecular weight excluding hydrogens is 274 g/mol. The Bertz CT molecular complexity index is 808. The van der Waals surface area contributed by atoms with Crippen molar-refractivity contribution in [3.05, 3.63) is 58.1 Å². The van der Waals surface area contributed by atoms with Gasteiger partial charge in [0.1, 0.15) is 11.0 Å². The highest BCUT2D eigenvalue weighted by atomic mass is 35.5. The number of benzene rings is 1. The number of allylic oxidation sites excluding steroid dienone is 3. The van der Waals surface area contributed by atoms with Gasteiger partial charge in [0.05, 0.1) is 11.0 Å². The zero-order valence-corrected chi connectivity index (χ0v) is 11.8. The molecule has 2 aromatic rings. The minimum Gasteiger partial charge on any atom is -0.295 e. The topological polar surface area (TPSA) is 39.3 Å². The Morgan fingerprint density at radius 3 is 2.75 bits per heavy atom. The zero-order valence-electron chi connectivity index (χ0n) is 11.1. The molecule has 0 N–H and O–H groups in total. The molecular formula is C15H14ClN3O. The van der Waals surface area contributed by atoms with Crippen LogP contribution in [0.1, 0.15) is 12.8 Å². The summed E-state index contributed by atoms with van der Waals surface area (Å²) < 4.78 is 3.20. The van der Waals surface area contributed by atoms with E-state index < -0.39 is 0 Å². The van der Waals surface area contributed by atoms with E-state index in [1.54, 1.807) is 16.2 Å². The monoisotopic (exact) mass is 287 g/mol. The van der Waals surface area contributed by atoms with Crippen LogP contribution in [0.4, 0.5) is 0 Å². The number of hydrogen-bond donors (Lipinski definition) is 0. The number of fused-ring (bicyclic) bond motifs is 1. The van der Waals surface area contributed by atoms with Gasteiger partial charge in [0.15, 0.2) is 0 Å². The Kier molecular flexibility index (Phi) is 3.32. The first-order valence-electron chi connectivity index (χ1n) is 6.46. The lowest BCUT2D eigenvalue weighted by atomic mass is 10.2. The van der Waals surface area contributed by atoms with Gasteiger partial charge in [-0.05, 0) is 37.1 Å². The lowest BCUT2D eigenvalue weighted by Crippen LogP contribution is -2.27. The van der Waals surface area contributed by atoms with E-state index in [9.17, 15) is 4.79 Å². The number of aryl methyl sites for hydroxylation is 1. The molecule has 3 rings (SSSR count). The van der Waals surface area contributed by atoms with Crippen molar-refractivity contribution in [3.63, 3.8) is 0 Å². The van der Waals surface area contributed by atoms with Crippen LogP contribution in [0.15, 0.2) is 57.4 Å². The first kappa shape index (κ1) is 12.9. The maximum atomic E-state index is 12.4. The van der Waals surface area contributed by atoms with Gasteiger partial charge in [0.25, 0.3) is 0 Å². The Morgan fingerprint density at radius 2 is 1.95 bits per heavy atom. The predicted octanol–water partition coefficient (Wildman–Crippen LogP) is 3.02. The van der Waals surface area contributed by atoms with E-state index in [-0.39, 0.29) is 5.69 Å². The van der Waals surface area contributed by atoms with Crippen LogP contribution in [-0.4, -0.2) is 15.0 Å². The van der Waals surface area contributed by atoms with E-state index in [1.807, 2.05) is 42.5 Å². The summed E-state index contributed by atoms with van der Waals surface area (Å²) in [6.45, 7) is 0. The van der Waals surface area contributed by atoms with Gasteiger partial charge in [-0.25, -0.2) is 14.4 Å². The third kappa shape index (κ3) is 2.12. The van der Waals surface area contributed by atoms with E-state index in [0.29, 0.717) is 11.0 Å². The molecule has 4 nitrogen and oxygen atoms in total. The van der Waals surface area contributed by atoms with E-state index in [2.05, 4.69) is 4.99 Å². The second-order valence-corrected chi connectivity index (χ2v) is 5.03. The molecule has 0 saturated heterocycles. The first-order valence-corrected chi connectivity index (χ1v) is 6.84. The quantitative estimate of drug-likeness (QED) is 0.687. The number of para-hydroxylation sites is 2. The van der Waals surface area contributed by atoms with Crippen molar-refractivity contribution < 1.29 is 0 Å². The normalized spacial score (nSPS) is 15.7. The largest absolute Gasteiger partial charge is 0.334 e. The van der Waals surface area contributed by atoms with Crippen molar-refractivity contribution >= 4 is 28.5 Å². The first-order chi connectivity index (χ1) is 9.68. The summed E-state index contributed by atoms with van der Waals surface area (Å²) in [4.78, 5) is 16.8. The fraction of sp³-hybridized carbons (Fsp3) is 0.200. The van der Waals surface area contributed by atoms with Crippen molar-refractivity contribution in [2.75, 3.05) is 0 Å². The molecule has 0 bridgehead atoms. The van der Waals surface area contributed by atoms with Gasteiger partial charge in [-0.3, -0.25) is 4.57 Å². The number of hydrogen-bond acceptors (Lipinski definition) is 2. The molecule has 5 heteroatoms. The van der Waals surface area contributed by atoms with Crippen molar-refractivity contribution in [3.8, 4) is 0 Å². The van der Waals surface area contributed by atoms with Gasteiger partial charge in [-0.1, -0.05) is 29.8 Å². The number of imidazole rings is 1.